The molecule has 0 unspecified atom stereocenters. The van der Waals surface area contributed by atoms with E-state index in [2.05, 4.69) is 9.97 Å². The van der Waals surface area contributed by atoms with Gasteiger partial charge in [-0.3, -0.25) is 19.1 Å². The summed E-state index contributed by atoms with van der Waals surface area (Å²) in [6.07, 6.45) is 6.88. The lowest BCUT2D eigenvalue weighted by molar-refractivity contribution is 0.0696. The van der Waals surface area contributed by atoms with Crippen LogP contribution in [-0.2, 0) is 17.9 Å². The number of benzene rings is 1. The molecule has 1 saturated heterocycles. The molecular formula is C22H22N4O3. The second-order valence-corrected chi connectivity index (χ2v) is 7.38. The molecule has 1 aliphatic rings. The highest BCUT2D eigenvalue weighted by atomic mass is 16.5. The van der Waals surface area contributed by atoms with Crippen LogP contribution in [0, 0.1) is 0 Å². The van der Waals surface area contributed by atoms with Gasteiger partial charge < -0.3 is 9.84 Å². The average molecular weight is 390 g/mol. The Morgan fingerprint density at radius 3 is 2.76 bits per heavy atom. The number of rotatable bonds is 4. The van der Waals surface area contributed by atoms with Gasteiger partial charge in [-0.25, -0.2) is 4.79 Å². The molecule has 0 aliphatic carbocycles. The maximum Gasteiger partial charge on any atom is 0.329 e. The predicted octanol–water partition coefficient (Wildman–Crippen LogP) is 2.64. The third kappa shape index (κ3) is 3.03. The lowest BCUT2D eigenvalue weighted by Gasteiger charge is -2.23. The molecule has 3 aromatic heterocycles. The Balaban J connectivity index is 1.66. The van der Waals surface area contributed by atoms with Crippen molar-refractivity contribution in [1.29, 1.82) is 0 Å². The summed E-state index contributed by atoms with van der Waals surface area (Å²) in [6.45, 7) is 1.48. The van der Waals surface area contributed by atoms with Gasteiger partial charge in [-0.1, -0.05) is 24.3 Å². The number of aromatic nitrogens is 4. The lowest BCUT2D eigenvalue weighted by Crippen LogP contribution is -2.31. The van der Waals surface area contributed by atoms with Crippen LogP contribution >= 0.6 is 0 Å². The van der Waals surface area contributed by atoms with Crippen LogP contribution in [-0.4, -0.2) is 37.4 Å². The Bertz CT molecular complexity index is 1240. The van der Waals surface area contributed by atoms with Crippen LogP contribution in [0.3, 0.4) is 0 Å². The number of hydrogen-bond donors (Lipinski definition) is 1. The SMILES string of the molecule is O=c1n(Cc2ncc3ccccc3c2CO)c2cnccc2n1C1CCOCC1. The van der Waals surface area contributed by atoms with Gasteiger partial charge in [0.1, 0.15) is 0 Å². The minimum Gasteiger partial charge on any atom is -0.392 e. The lowest BCUT2D eigenvalue weighted by atomic mass is 10.0. The second-order valence-electron chi connectivity index (χ2n) is 7.38. The molecule has 0 saturated carbocycles. The van der Waals surface area contributed by atoms with Gasteiger partial charge >= 0.3 is 5.69 Å². The Morgan fingerprint density at radius 2 is 1.93 bits per heavy atom. The molecule has 0 amide bonds. The molecule has 1 fully saturated rings. The van der Waals surface area contributed by atoms with Crippen molar-refractivity contribution in [3.8, 4) is 0 Å². The smallest absolute Gasteiger partial charge is 0.329 e. The first-order valence-corrected chi connectivity index (χ1v) is 9.87. The van der Waals surface area contributed by atoms with E-state index in [0.717, 1.165) is 40.2 Å². The highest BCUT2D eigenvalue weighted by Gasteiger charge is 2.23. The zero-order chi connectivity index (χ0) is 19.8. The van der Waals surface area contributed by atoms with Crippen LogP contribution in [0.5, 0.6) is 0 Å². The van der Waals surface area contributed by atoms with Crippen molar-refractivity contribution < 1.29 is 9.84 Å². The molecule has 0 spiro atoms. The van der Waals surface area contributed by atoms with Gasteiger partial charge in [0.2, 0.25) is 0 Å². The zero-order valence-corrected chi connectivity index (χ0v) is 16.0. The highest BCUT2D eigenvalue weighted by molar-refractivity contribution is 5.85. The Kier molecular flexibility index (Phi) is 4.61. The fourth-order valence-electron chi connectivity index (χ4n) is 4.30. The molecule has 7 nitrogen and oxygen atoms in total. The van der Waals surface area contributed by atoms with Crippen molar-refractivity contribution in [3.63, 3.8) is 0 Å². The van der Waals surface area contributed by atoms with Crippen molar-refractivity contribution in [2.45, 2.75) is 32.0 Å². The van der Waals surface area contributed by atoms with E-state index in [-0.39, 0.29) is 24.9 Å². The first-order valence-electron chi connectivity index (χ1n) is 9.87. The topological polar surface area (TPSA) is 82.2 Å². The van der Waals surface area contributed by atoms with E-state index in [0.29, 0.717) is 18.9 Å². The van der Waals surface area contributed by atoms with Crippen LogP contribution in [0.1, 0.15) is 30.1 Å². The first kappa shape index (κ1) is 18.0. The number of aliphatic hydroxyl groups is 1. The molecule has 1 aromatic carbocycles. The Hall–Kier alpha value is -3.03. The summed E-state index contributed by atoms with van der Waals surface area (Å²) in [5.41, 5.74) is 3.04. The van der Waals surface area contributed by atoms with Gasteiger partial charge in [-0.05, 0) is 24.3 Å². The molecule has 0 bridgehead atoms. The normalized spacial score (nSPS) is 15.3. The largest absolute Gasteiger partial charge is 0.392 e. The summed E-state index contributed by atoms with van der Waals surface area (Å²) >= 11 is 0. The van der Waals surface area contributed by atoms with Gasteiger partial charge in [0, 0.05) is 42.6 Å². The van der Waals surface area contributed by atoms with Crippen LogP contribution in [0.25, 0.3) is 21.8 Å². The number of imidazole rings is 1. The summed E-state index contributed by atoms with van der Waals surface area (Å²) in [6, 6.07) is 9.84. The van der Waals surface area contributed by atoms with Crippen molar-refractivity contribution in [2.24, 2.45) is 0 Å². The van der Waals surface area contributed by atoms with Crippen molar-refractivity contribution in [3.05, 3.63) is 70.7 Å². The summed E-state index contributed by atoms with van der Waals surface area (Å²) in [5.74, 6) is 0. The van der Waals surface area contributed by atoms with E-state index in [1.165, 1.54) is 0 Å². The van der Waals surface area contributed by atoms with Crippen LogP contribution in [0.4, 0.5) is 0 Å². The molecule has 1 N–H and O–H groups in total. The molecule has 0 radical (unpaired) electrons. The molecule has 7 heteroatoms. The average Bonchev–Trinajstić information content (AvgIpc) is 3.05. The molecule has 5 rings (SSSR count). The number of hydrogen-bond acceptors (Lipinski definition) is 5. The number of nitrogens with zero attached hydrogens (tertiary/aromatic N) is 4. The summed E-state index contributed by atoms with van der Waals surface area (Å²) in [4.78, 5) is 22.2. The van der Waals surface area contributed by atoms with E-state index >= 15 is 0 Å². The van der Waals surface area contributed by atoms with Crippen molar-refractivity contribution >= 4 is 21.8 Å². The number of fused-ring (bicyclic) bond motifs is 2. The Morgan fingerprint density at radius 1 is 1.10 bits per heavy atom. The standard InChI is InChI=1S/C22H22N4O3/c27-14-18-17-4-2-1-3-15(17)11-24-19(18)13-25-21-12-23-8-5-20(21)26(22(25)28)16-6-9-29-10-7-16/h1-5,8,11-12,16,27H,6-7,9-10,13-14H2. The quantitative estimate of drug-likeness (QED) is 0.579. The molecule has 4 heterocycles. The van der Waals surface area contributed by atoms with Gasteiger partial charge in [-0.2, -0.15) is 0 Å². The molecule has 148 valence electrons. The number of ether oxygens (including phenoxy) is 1. The van der Waals surface area contributed by atoms with E-state index in [4.69, 9.17) is 4.74 Å². The monoisotopic (exact) mass is 390 g/mol. The second kappa shape index (κ2) is 7.42. The minimum absolute atomic E-state index is 0.0706. The van der Waals surface area contributed by atoms with Crippen LogP contribution < -0.4 is 5.69 Å². The van der Waals surface area contributed by atoms with Crippen molar-refractivity contribution in [2.75, 3.05) is 13.2 Å². The van der Waals surface area contributed by atoms with Gasteiger partial charge in [-0.15, -0.1) is 0 Å². The van der Waals surface area contributed by atoms with E-state index in [1.807, 2.05) is 34.9 Å². The van der Waals surface area contributed by atoms with E-state index in [1.54, 1.807) is 23.2 Å². The predicted molar refractivity (Wildman–Crippen MR) is 110 cm³/mol. The molecule has 1 aliphatic heterocycles. The summed E-state index contributed by atoms with van der Waals surface area (Å²) in [7, 11) is 0. The van der Waals surface area contributed by atoms with Crippen LogP contribution in [0.15, 0.2) is 53.7 Å². The number of aliphatic hydroxyl groups excluding tert-OH is 1. The maximum absolute atomic E-state index is 13.4. The third-order valence-electron chi connectivity index (χ3n) is 5.78. The maximum atomic E-state index is 13.4. The highest BCUT2D eigenvalue weighted by Crippen LogP contribution is 2.26. The van der Waals surface area contributed by atoms with E-state index in [9.17, 15) is 9.90 Å². The Labute approximate surface area is 167 Å². The zero-order valence-electron chi connectivity index (χ0n) is 16.0. The van der Waals surface area contributed by atoms with Crippen molar-refractivity contribution in [1.82, 2.24) is 19.1 Å². The fraction of sp³-hybridized carbons (Fsp3) is 0.318. The van der Waals surface area contributed by atoms with Gasteiger partial charge in [0.15, 0.2) is 0 Å². The molecule has 0 atom stereocenters. The minimum atomic E-state index is -0.130. The summed E-state index contributed by atoms with van der Waals surface area (Å²) < 4.78 is 9.06. The molecular weight excluding hydrogens is 368 g/mol. The van der Waals surface area contributed by atoms with E-state index < -0.39 is 0 Å². The fourth-order valence-corrected chi connectivity index (χ4v) is 4.30. The molecule has 4 aromatic rings. The van der Waals surface area contributed by atoms with Gasteiger partial charge in [0.25, 0.3) is 0 Å². The first-order chi connectivity index (χ1) is 14.3. The summed E-state index contributed by atoms with van der Waals surface area (Å²) in [5, 5.41) is 12.0. The molecule has 29 heavy (non-hydrogen) atoms. The third-order valence-corrected chi connectivity index (χ3v) is 5.78. The van der Waals surface area contributed by atoms with Gasteiger partial charge in [0.05, 0.1) is 36.1 Å². The number of pyridine rings is 2. The van der Waals surface area contributed by atoms with Crippen LogP contribution in [0.2, 0.25) is 0 Å².